The molecule has 1 fully saturated rings. The highest BCUT2D eigenvalue weighted by atomic mass is 32.2. The zero-order valence-corrected chi connectivity index (χ0v) is 15.6. The average molecular weight is 403 g/mol. The Morgan fingerprint density at radius 2 is 1.82 bits per heavy atom. The summed E-state index contributed by atoms with van der Waals surface area (Å²) in [6, 6.07) is 8.57. The van der Waals surface area contributed by atoms with Gasteiger partial charge in [-0.25, -0.2) is 17.9 Å². The minimum absolute atomic E-state index is 0.0228. The van der Waals surface area contributed by atoms with Crippen molar-refractivity contribution in [3.05, 3.63) is 58.0 Å². The molecule has 0 bridgehead atoms. The third-order valence-electron chi connectivity index (χ3n) is 5.14. The summed E-state index contributed by atoms with van der Waals surface area (Å²) in [6.07, 6.45) is 0.947. The Kier molecular flexibility index (Phi) is 4.43. The molecule has 2 heterocycles. The standard InChI is InChI=1S/C19H18FN3O4S/c20-12-4-6-17-15(9-12)18(24)14-8-11(3-5-16(14)22-17)19(25)23-7-1-2-13(10-23)28(21,26)27/h3-6,8-9,13H,1-2,7,10H2,(H,22,24)(H2,21,26,27)/t13-/m0/s1. The van der Waals surface area contributed by atoms with Crippen molar-refractivity contribution < 1.29 is 17.6 Å². The lowest BCUT2D eigenvalue weighted by Gasteiger charge is -2.31. The Morgan fingerprint density at radius 3 is 2.54 bits per heavy atom. The number of carbonyl (C=O) groups is 1. The number of nitrogens with two attached hydrogens (primary N) is 1. The number of piperidine rings is 1. The molecule has 0 spiro atoms. The quantitative estimate of drug-likeness (QED) is 0.634. The normalized spacial score (nSPS) is 17.9. The van der Waals surface area contributed by atoms with Crippen LogP contribution >= 0.6 is 0 Å². The van der Waals surface area contributed by atoms with Crippen LogP contribution in [0.4, 0.5) is 4.39 Å². The van der Waals surface area contributed by atoms with Gasteiger partial charge in [0, 0.05) is 40.5 Å². The number of rotatable bonds is 2. The van der Waals surface area contributed by atoms with E-state index in [-0.39, 0.29) is 34.2 Å². The minimum atomic E-state index is -3.73. The highest BCUT2D eigenvalue weighted by molar-refractivity contribution is 7.89. The molecule has 1 atom stereocenters. The highest BCUT2D eigenvalue weighted by Crippen LogP contribution is 2.21. The van der Waals surface area contributed by atoms with Crippen LogP contribution in [0, 0.1) is 5.82 Å². The molecular weight excluding hydrogens is 385 g/mol. The number of hydrogen-bond donors (Lipinski definition) is 2. The maximum absolute atomic E-state index is 13.5. The Balaban J connectivity index is 1.75. The van der Waals surface area contributed by atoms with E-state index in [4.69, 9.17) is 5.14 Å². The number of carbonyl (C=O) groups excluding carboxylic acids is 1. The van der Waals surface area contributed by atoms with Gasteiger partial charge in [-0.15, -0.1) is 0 Å². The number of sulfonamides is 1. The molecule has 0 saturated carbocycles. The van der Waals surface area contributed by atoms with Crippen molar-refractivity contribution in [1.29, 1.82) is 0 Å². The van der Waals surface area contributed by atoms with Crippen molar-refractivity contribution in [2.45, 2.75) is 18.1 Å². The molecule has 146 valence electrons. The van der Waals surface area contributed by atoms with Gasteiger partial charge in [0.15, 0.2) is 5.43 Å². The molecule has 3 N–H and O–H groups in total. The average Bonchev–Trinajstić information content (AvgIpc) is 2.67. The van der Waals surface area contributed by atoms with Crippen LogP contribution in [0.1, 0.15) is 23.2 Å². The number of nitrogens with zero attached hydrogens (tertiary/aromatic N) is 1. The molecular formula is C19H18FN3O4S. The topological polar surface area (TPSA) is 113 Å². The van der Waals surface area contributed by atoms with E-state index in [1.54, 1.807) is 12.1 Å². The fraction of sp³-hybridized carbons (Fsp3) is 0.263. The molecule has 1 aromatic heterocycles. The molecule has 9 heteroatoms. The second-order valence-corrected chi connectivity index (χ2v) is 8.85. The largest absolute Gasteiger partial charge is 0.354 e. The SMILES string of the molecule is NS(=O)(=O)[C@H]1CCCN(C(=O)c2ccc3[nH]c4ccc(F)cc4c(=O)c3c2)C1. The van der Waals surface area contributed by atoms with E-state index in [1.807, 2.05) is 0 Å². The van der Waals surface area contributed by atoms with E-state index in [1.165, 1.54) is 23.1 Å². The van der Waals surface area contributed by atoms with Crippen molar-refractivity contribution in [1.82, 2.24) is 9.88 Å². The van der Waals surface area contributed by atoms with Crippen molar-refractivity contribution in [3.8, 4) is 0 Å². The lowest BCUT2D eigenvalue weighted by atomic mass is 10.0. The van der Waals surface area contributed by atoms with Crippen LogP contribution in [0.3, 0.4) is 0 Å². The first-order valence-electron chi connectivity index (χ1n) is 8.80. The fourth-order valence-corrected chi connectivity index (χ4v) is 4.53. The number of halogens is 1. The zero-order chi connectivity index (χ0) is 20.1. The molecule has 7 nitrogen and oxygen atoms in total. The summed E-state index contributed by atoms with van der Waals surface area (Å²) in [5.41, 5.74) is 0.925. The summed E-state index contributed by atoms with van der Waals surface area (Å²) in [5, 5.41) is 4.90. The van der Waals surface area contributed by atoms with Gasteiger partial charge in [0.2, 0.25) is 10.0 Å². The number of aromatic nitrogens is 1. The van der Waals surface area contributed by atoms with E-state index < -0.39 is 21.1 Å². The van der Waals surface area contributed by atoms with Crippen molar-refractivity contribution in [2.24, 2.45) is 5.14 Å². The van der Waals surface area contributed by atoms with E-state index >= 15 is 0 Å². The number of benzene rings is 2. The number of amides is 1. The molecule has 4 rings (SSSR count). The Hall–Kier alpha value is -2.78. The maximum atomic E-state index is 13.5. The van der Waals surface area contributed by atoms with E-state index in [0.29, 0.717) is 30.4 Å². The van der Waals surface area contributed by atoms with Gasteiger partial charge in [0.05, 0.1) is 5.25 Å². The smallest absolute Gasteiger partial charge is 0.253 e. The predicted octanol–water partition coefficient (Wildman–Crippen LogP) is 1.71. The van der Waals surface area contributed by atoms with Crippen LogP contribution in [0.15, 0.2) is 41.2 Å². The zero-order valence-electron chi connectivity index (χ0n) is 14.8. The summed E-state index contributed by atoms with van der Waals surface area (Å²) in [7, 11) is -3.73. The summed E-state index contributed by atoms with van der Waals surface area (Å²) in [6.45, 7) is 0.442. The van der Waals surface area contributed by atoms with Crippen LogP contribution in [0.5, 0.6) is 0 Å². The summed E-state index contributed by atoms with van der Waals surface area (Å²) < 4.78 is 36.8. The first-order valence-corrected chi connectivity index (χ1v) is 10.4. The first kappa shape index (κ1) is 18.6. The summed E-state index contributed by atoms with van der Waals surface area (Å²) >= 11 is 0. The third-order valence-corrected chi connectivity index (χ3v) is 6.45. The number of fused-ring (bicyclic) bond motifs is 2. The Bertz CT molecular complexity index is 1270. The van der Waals surface area contributed by atoms with Crippen LogP contribution < -0.4 is 10.6 Å². The molecule has 3 aromatic rings. The lowest BCUT2D eigenvalue weighted by Crippen LogP contribution is -2.47. The van der Waals surface area contributed by atoms with E-state index in [0.717, 1.165) is 6.07 Å². The Labute approximate surface area is 160 Å². The number of H-pyrrole nitrogens is 1. The van der Waals surface area contributed by atoms with Gasteiger partial charge in [-0.1, -0.05) is 0 Å². The van der Waals surface area contributed by atoms with Gasteiger partial charge in [-0.05, 0) is 49.2 Å². The number of primary sulfonamides is 1. The van der Waals surface area contributed by atoms with E-state index in [9.17, 15) is 22.4 Å². The minimum Gasteiger partial charge on any atom is -0.354 e. The first-order chi connectivity index (χ1) is 13.2. The molecule has 1 aliphatic rings. The number of hydrogen-bond acceptors (Lipinski definition) is 4. The number of aromatic amines is 1. The maximum Gasteiger partial charge on any atom is 0.253 e. The molecule has 1 aliphatic heterocycles. The van der Waals surface area contributed by atoms with Gasteiger partial charge in [0.25, 0.3) is 5.91 Å². The van der Waals surface area contributed by atoms with Crippen LogP contribution in [-0.2, 0) is 10.0 Å². The number of likely N-dealkylation sites (tertiary alicyclic amines) is 1. The van der Waals surface area contributed by atoms with Gasteiger partial charge in [-0.3, -0.25) is 9.59 Å². The van der Waals surface area contributed by atoms with Gasteiger partial charge >= 0.3 is 0 Å². The molecule has 0 radical (unpaired) electrons. The monoisotopic (exact) mass is 403 g/mol. The molecule has 28 heavy (non-hydrogen) atoms. The lowest BCUT2D eigenvalue weighted by molar-refractivity contribution is 0.0727. The molecule has 0 unspecified atom stereocenters. The van der Waals surface area contributed by atoms with Gasteiger partial charge < -0.3 is 9.88 Å². The summed E-state index contributed by atoms with van der Waals surface area (Å²) in [5.74, 6) is -0.888. The predicted molar refractivity (Wildman–Crippen MR) is 104 cm³/mol. The number of pyridine rings is 1. The van der Waals surface area contributed by atoms with Gasteiger partial charge in [-0.2, -0.15) is 0 Å². The molecule has 1 amide bonds. The van der Waals surface area contributed by atoms with Gasteiger partial charge in [0.1, 0.15) is 5.82 Å². The van der Waals surface area contributed by atoms with Crippen molar-refractivity contribution in [2.75, 3.05) is 13.1 Å². The second-order valence-electron chi connectivity index (χ2n) is 7.01. The van der Waals surface area contributed by atoms with Crippen molar-refractivity contribution in [3.63, 3.8) is 0 Å². The van der Waals surface area contributed by atoms with Crippen LogP contribution in [0.2, 0.25) is 0 Å². The Morgan fingerprint density at radius 1 is 1.14 bits per heavy atom. The molecule has 0 aliphatic carbocycles. The van der Waals surface area contributed by atoms with E-state index in [2.05, 4.69) is 4.98 Å². The molecule has 2 aromatic carbocycles. The fourth-order valence-electron chi connectivity index (χ4n) is 3.65. The molecule has 1 saturated heterocycles. The highest BCUT2D eigenvalue weighted by Gasteiger charge is 2.31. The second kappa shape index (κ2) is 6.68. The third kappa shape index (κ3) is 3.27. The number of nitrogens with one attached hydrogen (secondary N) is 1. The summed E-state index contributed by atoms with van der Waals surface area (Å²) in [4.78, 5) is 30.1. The van der Waals surface area contributed by atoms with Crippen LogP contribution in [0.25, 0.3) is 21.8 Å². The van der Waals surface area contributed by atoms with Crippen LogP contribution in [-0.4, -0.2) is 42.5 Å². The van der Waals surface area contributed by atoms with Crippen molar-refractivity contribution >= 4 is 37.7 Å².